The van der Waals surface area contributed by atoms with Crippen molar-refractivity contribution in [3.8, 4) is 10.8 Å². The lowest BCUT2D eigenvalue weighted by atomic mass is 9.97. The first-order valence-corrected chi connectivity index (χ1v) is 15.0. The quantitative estimate of drug-likeness (QED) is 0.304. The molecule has 2 fully saturated rings. The molecule has 0 radical (unpaired) electrons. The van der Waals surface area contributed by atoms with Gasteiger partial charge in [0.1, 0.15) is 33.5 Å². The number of aromatic nitrogens is 5. The van der Waals surface area contributed by atoms with Gasteiger partial charge in [0.05, 0.1) is 37.5 Å². The summed E-state index contributed by atoms with van der Waals surface area (Å²) < 4.78 is 29.4. The smallest absolute Gasteiger partial charge is 0.332 e. The molecule has 1 aliphatic carbocycles. The highest BCUT2D eigenvalue weighted by atomic mass is 32.1. The molecule has 1 amide bonds. The second kappa shape index (κ2) is 11.4. The van der Waals surface area contributed by atoms with Crippen LogP contribution in [-0.4, -0.2) is 61.7 Å². The zero-order valence-corrected chi connectivity index (χ0v) is 24.6. The number of benzene rings is 1. The van der Waals surface area contributed by atoms with Gasteiger partial charge in [-0.1, -0.05) is 30.6 Å². The number of thiophene rings is 1. The molecule has 4 heterocycles. The summed E-state index contributed by atoms with van der Waals surface area (Å²) in [6.07, 6.45) is 7.45. The van der Waals surface area contributed by atoms with Crippen molar-refractivity contribution in [3.63, 3.8) is 0 Å². The van der Waals surface area contributed by atoms with Gasteiger partial charge in [0, 0.05) is 24.7 Å². The molecule has 42 heavy (non-hydrogen) atoms. The maximum absolute atomic E-state index is 14.6. The molecule has 0 bridgehead atoms. The summed E-state index contributed by atoms with van der Waals surface area (Å²) in [7, 11) is 3.17. The van der Waals surface area contributed by atoms with Crippen LogP contribution in [0.5, 0.6) is 5.75 Å². The van der Waals surface area contributed by atoms with E-state index in [1.54, 1.807) is 20.0 Å². The molecular weight excluding hydrogens is 563 g/mol. The van der Waals surface area contributed by atoms with E-state index in [4.69, 9.17) is 9.47 Å². The van der Waals surface area contributed by atoms with Gasteiger partial charge in [-0.05, 0) is 44.4 Å². The summed E-state index contributed by atoms with van der Waals surface area (Å²) in [6, 6.07) is 3.32. The molecule has 2 aliphatic rings. The minimum Gasteiger partial charge on any atom is -0.496 e. The lowest BCUT2D eigenvalue weighted by Gasteiger charge is -2.29. The largest absolute Gasteiger partial charge is 0.496 e. The predicted molar refractivity (Wildman–Crippen MR) is 155 cm³/mol. The van der Waals surface area contributed by atoms with Crippen molar-refractivity contribution in [2.45, 2.75) is 70.2 Å². The Labute approximate surface area is 245 Å². The van der Waals surface area contributed by atoms with Crippen LogP contribution in [-0.2, 0) is 16.1 Å². The third-order valence-electron chi connectivity index (χ3n) is 8.33. The van der Waals surface area contributed by atoms with Gasteiger partial charge >= 0.3 is 5.69 Å². The van der Waals surface area contributed by atoms with E-state index in [0.717, 1.165) is 36.7 Å². The number of carbonyl (C=O) groups is 1. The topological polar surface area (TPSA) is 113 Å². The van der Waals surface area contributed by atoms with Crippen molar-refractivity contribution in [2.75, 3.05) is 20.7 Å². The molecule has 1 aromatic carbocycles. The van der Waals surface area contributed by atoms with E-state index in [2.05, 4.69) is 10.2 Å². The van der Waals surface area contributed by atoms with Gasteiger partial charge < -0.3 is 14.4 Å². The number of carbonyl (C=O) groups excluding carboxylic acids is 1. The van der Waals surface area contributed by atoms with Crippen LogP contribution < -0.4 is 16.0 Å². The first-order chi connectivity index (χ1) is 20.3. The third-order valence-corrected chi connectivity index (χ3v) is 9.61. The van der Waals surface area contributed by atoms with Crippen molar-refractivity contribution in [1.29, 1.82) is 0 Å². The van der Waals surface area contributed by atoms with E-state index < -0.39 is 29.2 Å². The molecular formula is C29H33FN6O5S. The summed E-state index contributed by atoms with van der Waals surface area (Å²) in [4.78, 5) is 44.7. The average Bonchev–Trinajstić information content (AvgIpc) is 3.72. The molecule has 1 saturated heterocycles. The summed E-state index contributed by atoms with van der Waals surface area (Å²) >= 11 is 1.22. The van der Waals surface area contributed by atoms with E-state index in [1.807, 2.05) is 0 Å². The van der Waals surface area contributed by atoms with Crippen molar-refractivity contribution in [3.05, 3.63) is 68.4 Å². The van der Waals surface area contributed by atoms with E-state index in [1.165, 1.54) is 57.2 Å². The predicted octanol–water partition coefficient (Wildman–Crippen LogP) is 3.76. The fourth-order valence-corrected chi connectivity index (χ4v) is 7.33. The number of amides is 1. The average molecular weight is 597 g/mol. The van der Waals surface area contributed by atoms with Gasteiger partial charge in [-0.3, -0.25) is 14.2 Å². The SMILES string of the molecule is COc1ccc(F)cc1[C@H](Cn1c(=O)n([C@@H]2CCN(C)C2=O)c(=O)c2c(C)c(-n3nccn3)sc21)OC1CCCCC1. The maximum Gasteiger partial charge on any atom is 0.332 e. The molecule has 222 valence electrons. The first kappa shape index (κ1) is 28.3. The fourth-order valence-electron chi connectivity index (χ4n) is 6.11. The van der Waals surface area contributed by atoms with Crippen LogP contribution in [0.2, 0.25) is 0 Å². The number of ether oxygens (including phenoxy) is 2. The number of nitrogens with zero attached hydrogens (tertiary/aromatic N) is 6. The Kier molecular flexibility index (Phi) is 7.71. The number of hydrogen-bond donors (Lipinski definition) is 0. The molecule has 13 heteroatoms. The molecule has 1 aliphatic heterocycles. The second-order valence-corrected chi connectivity index (χ2v) is 11.9. The lowest BCUT2D eigenvalue weighted by molar-refractivity contribution is -0.129. The van der Waals surface area contributed by atoms with Crippen LogP contribution >= 0.6 is 11.3 Å². The van der Waals surface area contributed by atoms with E-state index in [9.17, 15) is 18.8 Å². The summed E-state index contributed by atoms with van der Waals surface area (Å²) in [5.41, 5.74) is -0.0690. The van der Waals surface area contributed by atoms with Gasteiger partial charge in [0.25, 0.3) is 5.56 Å². The van der Waals surface area contributed by atoms with Gasteiger partial charge in [0.15, 0.2) is 0 Å². The van der Waals surface area contributed by atoms with Crippen molar-refractivity contribution >= 4 is 27.5 Å². The highest BCUT2D eigenvalue weighted by Crippen LogP contribution is 2.36. The number of halogens is 1. The standard InChI is InChI=1S/C29H33FN6O5S/c1-17-24-26(38)35(21-11-14-33(2)25(21)37)29(39)34(28(24)42-27(17)36-31-12-13-32-36)16-23(41-19-7-5-4-6-8-19)20-15-18(30)9-10-22(20)40-3/h9-10,12-13,15,19,21,23H,4-8,11,14,16H2,1-3H3/t21-,23+/m1/s1. The molecule has 4 aromatic rings. The van der Waals surface area contributed by atoms with Gasteiger partial charge in [-0.25, -0.2) is 13.8 Å². The highest BCUT2D eigenvalue weighted by Gasteiger charge is 2.36. The third kappa shape index (κ3) is 4.94. The van der Waals surface area contributed by atoms with Crippen LogP contribution in [0.1, 0.15) is 61.8 Å². The molecule has 11 nitrogen and oxygen atoms in total. The monoisotopic (exact) mass is 596 g/mol. The zero-order chi connectivity index (χ0) is 29.5. The van der Waals surface area contributed by atoms with E-state index in [0.29, 0.717) is 45.1 Å². The Hall–Kier alpha value is -3.84. The lowest BCUT2D eigenvalue weighted by Crippen LogP contribution is -2.45. The van der Waals surface area contributed by atoms with Crippen molar-refractivity contribution < 1.29 is 18.7 Å². The number of methoxy groups -OCH3 is 1. The Morgan fingerprint density at radius 2 is 1.83 bits per heavy atom. The molecule has 6 rings (SSSR count). The van der Waals surface area contributed by atoms with Crippen molar-refractivity contribution in [2.24, 2.45) is 0 Å². The Bertz CT molecular complexity index is 1740. The van der Waals surface area contributed by atoms with E-state index >= 15 is 0 Å². The molecule has 1 saturated carbocycles. The molecule has 0 unspecified atom stereocenters. The number of aryl methyl sites for hydroxylation is 1. The molecule has 0 N–H and O–H groups in total. The van der Waals surface area contributed by atoms with Crippen molar-refractivity contribution in [1.82, 2.24) is 29.0 Å². The Balaban J connectivity index is 1.57. The van der Waals surface area contributed by atoms with Gasteiger partial charge in [-0.2, -0.15) is 10.2 Å². The molecule has 0 spiro atoms. The summed E-state index contributed by atoms with van der Waals surface area (Å²) in [5, 5.41) is 9.38. The van der Waals surface area contributed by atoms with Crippen LogP contribution in [0.25, 0.3) is 15.2 Å². The normalized spacial score (nSPS) is 18.7. The minimum absolute atomic E-state index is 0.0192. The second-order valence-electron chi connectivity index (χ2n) is 10.9. The first-order valence-electron chi connectivity index (χ1n) is 14.2. The van der Waals surface area contributed by atoms with E-state index in [-0.39, 0.29) is 18.6 Å². The highest BCUT2D eigenvalue weighted by molar-refractivity contribution is 7.21. The summed E-state index contributed by atoms with van der Waals surface area (Å²) in [6.45, 7) is 2.20. The van der Waals surface area contributed by atoms with Crippen LogP contribution in [0.3, 0.4) is 0 Å². The van der Waals surface area contributed by atoms with Crippen LogP contribution in [0.4, 0.5) is 4.39 Å². The molecule has 3 aromatic heterocycles. The zero-order valence-electron chi connectivity index (χ0n) is 23.8. The Morgan fingerprint density at radius 1 is 1.10 bits per heavy atom. The Morgan fingerprint density at radius 3 is 2.50 bits per heavy atom. The number of rotatable bonds is 8. The van der Waals surface area contributed by atoms with Crippen LogP contribution in [0, 0.1) is 12.7 Å². The van der Waals surface area contributed by atoms with Gasteiger partial charge in [-0.15, -0.1) is 4.80 Å². The fraction of sp³-hybridized carbons (Fsp3) is 0.483. The van der Waals surface area contributed by atoms with Crippen LogP contribution in [0.15, 0.2) is 40.2 Å². The summed E-state index contributed by atoms with van der Waals surface area (Å²) in [5.74, 6) is -0.306. The molecule has 2 atom stereocenters. The number of likely N-dealkylation sites (N-methyl/N-ethyl adjacent to an activating group) is 1. The van der Waals surface area contributed by atoms with Gasteiger partial charge in [0.2, 0.25) is 5.91 Å². The maximum atomic E-state index is 14.6. The minimum atomic E-state index is -0.919. The number of fused-ring (bicyclic) bond motifs is 1. The number of likely N-dealkylation sites (tertiary alicyclic amines) is 1. The number of hydrogen-bond acceptors (Lipinski definition) is 8.